The zero-order chi connectivity index (χ0) is 50.4. The number of likely N-dealkylation sites (N-methyl/N-ethyl adjacent to an activating group) is 2. The number of halogens is 2. The molecule has 1 aromatic heterocycles. The molecule has 8 N–H and O–H groups in total. The van der Waals surface area contributed by atoms with E-state index in [2.05, 4.69) is 65.0 Å². The highest BCUT2D eigenvalue weighted by molar-refractivity contribution is 5.95. The molecule has 1 saturated carbocycles. The predicted molar refractivity (Wildman–Crippen MR) is 277 cm³/mol. The van der Waals surface area contributed by atoms with Gasteiger partial charge in [-0.2, -0.15) is 0 Å². The van der Waals surface area contributed by atoms with Crippen LogP contribution in [0.5, 0.6) is 0 Å². The molecule has 71 heavy (non-hydrogen) atoms. The van der Waals surface area contributed by atoms with Gasteiger partial charge >= 0.3 is 0 Å². The van der Waals surface area contributed by atoms with Gasteiger partial charge in [-0.1, -0.05) is 76.4 Å². The highest BCUT2D eigenvalue weighted by Gasteiger charge is 2.46. The van der Waals surface area contributed by atoms with Gasteiger partial charge in [0.15, 0.2) is 0 Å². The molecule has 398 valence electrons. The molecule has 1 aromatic carbocycles. The van der Waals surface area contributed by atoms with Crippen LogP contribution in [-0.2, 0) is 46.4 Å². The normalized spacial score (nSPS) is 20.4. The molecule has 9 atom stereocenters. The Balaban J connectivity index is 0.00000666. The van der Waals surface area contributed by atoms with E-state index in [4.69, 9.17) is 0 Å². The van der Waals surface area contributed by atoms with Crippen molar-refractivity contribution in [3.05, 3.63) is 47.3 Å². The van der Waals surface area contributed by atoms with Crippen LogP contribution < -0.4 is 42.5 Å². The molecule has 1 unspecified atom stereocenters. The fourth-order valence-electron chi connectivity index (χ4n) is 9.36. The van der Waals surface area contributed by atoms with Gasteiger partial charge in [0.25, 0.3) is 0 Å². The van der Waals surface area contributed by atoms with E-state index >= 15 is 0 Å². The number of hydrogen-bond donors (Lipinski definition) is 8. The second-order valence-corrected chi connectivity index (χ2v) is 20.1. The van der Waals surface area contributed by atoms with Crippen molar-refractivity contribution >= 4 is 66.2 Å². The first-order valence-corrected chi connectivity index (χ1v) is 25.3. The molecule has 2 aliphatic carbocycles. The molecule has 2 fully saturated rings. The van der Waals surface area contributed by atoms with E-state index in [1.807, 2.05) is 46.8 Å². The van der Waals surface area contributed by atoms with Crippen LogP contribution in [0.2, 0.25) is 0 Å². The second-order valence-electron chi connectivity index (χ2n) is 20.1. The maximum atomic E-state index is 14.8. The molecular formula is C50H82Cl2N12O7. The number of fused-ring (bicyclic) bond motifs is 1. The summed E-state index contributed by atoms with van der Waals surface area (Å²) in [4.78, 5) is 97.1. The van der Waals surface area contributed by atoms with Crippen LogP contribution in [0.3, 0.4) is 0 Å². The third kappa shape index (κ3) is 16.9. The van der Waals surface area contributed by atoms with Gasteiger partial charge in [-0.3, -0.25) is 33.6 Å². The van der Waals surface area contributed by atoms with Crippen LogP contribution in [-0.4, -0.2) is 131 Å². The van der Waals surface area contributed by atoms with E-state index in [0.717, 1.165) is 56.9 Å². The summed E-state index contributed by atoms with van der Waals surface area (Å²) in [5.74, 6) is -2.51. The highest BCUT2D eigenvalue weighted by Crippen LogP contribution is 2.34. The molecule has 0 spiro atoms. The average molecular weight is 1030 g/mol. The molecule has 0 bridgehead atoms. The predicted octanol–water partition coefficient (Wildman–Crippen LogP) is 2.96. The Hall–Kier alpha value is -4.85. The molecule has 2 heterocycles. The Bertz CT molecular complexity index is 2080. The lowest BCUT2D eigenvalue weighted by molar-refractivity contribution is -0.143. The summed E-state index contributed by atoms with van der Waals surface area (Å²) in [7, 11) is 3.35. The Morgan fingerprint density at radius 3 is 2.06 bits per heavy atom. The molecular weight excluding hydrogens is 952 g/mol. The molecule has 21 heteroatoms. The van der Waals surface area contributed by atoms with Gasteiger partial charge in [0.1, 0.15) is 24.2 Å². The SMILES string of the molecule is CN[C@@H](C)C(=O)NC(C(=O)N[C@@H](CCNC(=O)CCc1cn([C@H]2C[C@@H](C(=O)N[C@@H]3CCCc4ccccc43)N(C(=O)[C@@H](NC(=O)[C@H](C)NC)C3CCCCC3)C2)nn1)C(=O)N[C@H](C)C(C)C)C(C)C.Cl.Cl. The Morgan fingerprint density at radius 2 is 1.41 bits per heavy atom. The minimum atomic E-state index is -0.979. The molecule has 0 radical (unpaired) electrons. The van der Waals surface area contributed by atoms with Gasteiger partial charge in [0, 0.05) is 44.6 Å². The topological polar surface area (TPSA) is 250 Å². The molecule has 3 aliphatic rings. The van der Waals surface area contributed by atoms with Crippen molar-refractivity contribution in [3.63, 3.8) is 0 Å². The summed E-state index contributed by atoms with van der Waals surface area (Å²) in [6.45, 7) is 13.2. The van der Waals surface area contributed by atoms with Gasteiger partial charge < -0.3 is 47.4 Å². The van der Waals surface area contributed by atoms with Crippen molar-refractivity contribution in [1.82, 2.24) is 62.4 Å². The van der Waals surface area contributed by atoms with Crippen LogP contribution in [0.15, 0.2) is 30.5 Å². The van der Waals surface area contributed by atoms with Crippen molar-refractivity contribution < 1.29 is 33.6 Å². The number of nitrogens with zero attached hydrogens (tertiary/aromatic N) is 4. The number of hydrogen-bond acceptors (Lipinski definition) is 11. The number of rotatable bonds is 23. The van der Waals surface area contributed by atoms with E-state index < -0.39 is 54.1 Å². The minimum absolute atomic E-state index is 0. The van der Waals surface area contributed by atoms with Crippen molar-refractivity contribution in [3.8, 4) is 0 Å². The van der Waals surface area contributed by atoms with Gasteiger partial charge in [-0.05, 0) is 102 Å². The minimum Gasteiger partial charge on any atom is -0.356 e. The number of benzene rings is 1. The number of likely N-dealkylation sites (tertiary alicyclic amines) is 1. The van der Waals surface area contributed by atoms with Gasteiger partial charge in [-0.15, -0.1) is 29.9 Å². The molecule has 1 aliphatic heterocycles. The zero-order valence-corrected chi connectivity index (χ0v) is 44.8. The van der Waals surface area contributed by atoms with Crippen LogP contribution in [0.1, 0.15) is 142 Å². The van der Waals surface area contributed by atoms with E-state index in [1.165, 1.54) is 5.56 Å². The lowest BCUT2D eigenvalue weighted by Gasteiger charge is -2.35. The van der Waals surface area contributed by atoms with Gasteiger partial charge in [0.2, 0.25) is 41.4 Å². The van der Waals surface area contributed by atoms with Crippen molar-refractivity contribution in [2.45, 2.75) is 180 Å². The Kier molecular flexibility index (Phi) is 24.7. The summed E-state index contributed by atoms with van der Waals surface area (Å²) in [5.41, 5.74) is 2.84. The van der Waals surface area contributed by atoms with Crippen molar-refractivity contribution in [1.29, 1.82) is 0 Å². The summed E-state index contributed by atoms with van der Waals surface area (Å²) >= 11 is 0. The maximum absolute atomic E-state index is 14.8. The first-order valence-electron chi connectivity index (χ1n) is 25.3. The van der Waals surface area contributed by atoms with Crippen LogP contribution in [0, 0.1) is 17.8 Å². The lowest BCUT2D eigenvalue weighted by Crippen LogP contribution is -2.58. The number of amides is 7. The fraction of sp³-hybridized carbons (Fsp3) is 0.700. The molecule has 7 amide bonds. The number of carbonyl (C=O) groups excluding carboxylic acids is 7. The zero-order valence-electron chi connectivity index (χ0n) is 43.2. The van der Waals surface area contributed by atoms with Crippen LogP contribution in [0.4, 0.5) is 0 Å². The second kappa shape index (κ2) is 29.0. The van der Waals surface area contributed by atoms with Gasteiger partial charge in [-0.25, -0.2) is 4.68 Å². The standard InChI is InChI=1S/C50H80N12O7.2ClH/c1-29(2)31(5)54-47(66)40(56-49(68)43(30(3)4)57-45(64)32(6)51-8)24-25-53-42(63)23-22-36-27-62(60-59-36)37-26-41(48(67)55-39-21-15-19-34-16-13-14-20-38(34)39)61(28-37)50(69)44(35-17-11-10-12-18-35)58-46(65)33(7)52-9;;/h13-14,16,20,27,29-33,35,37,39-41,43-44,51-52H,10-12,15,17-19,21-26,28H2,1-9H3,(H,53,63)(H,54,66)(H,55,67)(H,56,68)(H,57,64)(H,58,65);2*1H/t31-,32+,33+,37+,39-,40+,41+,43?,44+;;/m1../s1. The third-order valence-corrected chi connectivity index (χ3v) is 14.4. The molecule has 5 rings (SSSR count). The summed E-state index contributed by atoms with van der Waals surface area (Å²) in [6, 6.07) is 2.87. The lowest BCUT2D eigenvalue weighted by atomic mass is 9.83. The summed E-state index contributed by atoms with van der Waals surface area (Å²) in [5, 5.41) is 32.4. The van der Waals surface area contributed by atoms with Crippen molar-refractivity contribution in [2.24, 2.45) is 17.8 Å². The smallest absolute Gasteiger partial charge is 0.246 e. The first kappa shape index (κ1) is 60.5. The first-order chi connectivity index (χ1) is 32.9. The maximum Gasteiger partial charge on any atom is 0.246 e. The summed E-state index contributed by atoms with van der Waals surface area (Å²) in [6.07, 6.45) is 9.73. The van der Waals surface area contributed by atoms with Crippen molar-refractivity contribution in [2.75, 3.05) is 27.2 Å². The average Bonchev–Trinajstić information content (AvgIpc) is 4.01. The number of carbonyl (C=O) groups is 7. The molecule has 1 saturated heterocycles. The quantitative estimate of drug-likeness (QED) is 0.0804. The largest absolute Gasteiger partial charge is 0.356 e. The number of aryl methyl sites for hydroxylation is 2. The van der Waals surface area contributed by atoms with E-state index in [0.29, 0.717) is 5.69 Å². The van der Waals surface area contributed by atoms with Gasteiger partial charge in [0.05, 0.1) is 29.9 Å². The fourth-order valence-corrected chi connectivity index (χ4v) is 9.36. The van der Waals surface area contributed by atoms with E-state index in [-0.39, 0.29) is 123 Å². The Labute approximate surface area is 432 Å². The molecule has 19 nitrogen and oxygen atoms in total. The van der Waals surface area contributed by atoms with Crippen LogP contribution >= 0.6 is 24.8 Å². The third-order valence-electron chi connectivity index (χ3n) is 14.4. The Morgan fingerprint density at radius 1 is 0.746 bits per heavy atom. The van der Waals surface area contributed by atoms with E-state index in [1.54, 1.807) is 43.7 Å². The van der Waals surface area contributed by atoms with Crippen LogP contribution in [0.25, 0.3) is 0 Å². The number of aromatic nitrogens is 3. The highest BCUT2D eigenvalue weighted by atomic mass is 35.5. The summed E-state index contributed by atoms with van der Waals surface area (Å²) < 4.78 is 1.67. The number of nitrogens with one attached hydrogen (secondary N) is 8. The monoisotopic (exact) mass is 1030 g/mol. The van der Waals surface area contributed by atoms with E-state index in [9.17, 15) is 33.6 Å². The molecule has 2 aromatic rings.